The van der Waals surface area contributed by atoms with E-state index in [0.29, 0.717) is 0 Å². The number of thiazole rings is 1. The summed E-state index contributed by atoms with van der Waals surface area (Å²) in [4.78, 5) is 2.12. The molecular formula is C18H20Cl3IN2S. The summed E-state index contributed by atoms with van der Waals surface area (Å²) in [5, 5.41) is 1.30. The van der Waals surface area contributed by atoms with Crippen molar-refractivity contribution in [2.24, 2.45) is 7.05 Å². The summed E-state index contributed by atoms with van der Waals surface area (Å²) in [5.41, 5.74) is 5.12. The minimum absolute atomic E-state index is 0. The number of rotatable bonds is 2. The van der Waals surface area contributed by atoms with Crippen molar-refractivity contribution in [3.63, 3.8) is 0 Å². The molecule has 3 aromatic rings. The Balaban J connectivity index is 0.000000568. The van der Waals surface area contributed by atoms with Crippen LogP contribution in [0, 0.1) is 6.92 Å². The fourth-order valence-corrected chi connectivity index (χ4v) is 3.67. The molecule has 25 heavy (non-hydrogen) atoms. The maximum absolute atomic E-state index is 4.81. The van der Waals surface area contributed by atoms with Crippen LogP contribution in [0.1, 0.15) is 5.56 Å². The van der Waals surface area contributed by atoms with Gasteiger partial charge in [0.15, 0.2) is 4.30 Å². The smallest absolute Gasteiger partial charge is 0.269 e. The normalized spacial score (nSPS) is 10.2. The van der Waals surface area contributed by atoms with Gasteiger partial charge in [0.1, 0.15) is 11.7 Å². The van der Waals surface area contributed by atoms with Crippen LogP contribution in [-0.2, 0) is 7.05 Å². The maximum Gasteiger partial charge on any atom is 0.269 e. The number of nitrogens with zero attached hydrogens (tertiary/aromatic N) is 2. The third-order valence-electron chi connectivity index (χ3n) is 3.62. The minimum atomic E-state index is -0.750. The molecule has 2 nitrogen and oxygen atoms in total. The van der Waals surface area contributed by atoms with E-state index < -0.39 is 4.30 Å². The zero-order chi connectivity index (χ0) is 17.9. The van der Waals surface area contributed by atoms with Gasteiger partial charge in [-0.3, -0.25) is 0 Å². The van der Waals surface area contributed by atoms with Crippen LogP contribution in [0.25, 0.3) is 20.8 Å². The van der Waals surface area contributed by atoms with E-state index in [9.17, 15) is 0 Å². The first-order valence-electron chi connectivity index (χ1n) is 7.38. The zero-order valence-electron chi connectivity index (χ0n) is 14.4. The number of halogens is 4. The molecule has 0 aliphatic heterocycles. The standard InChI is InChI=1S/C17H19N2S.CHCl3.HI/c1-12-5-10-15-16(11-12)20-17(19(15)4)13-6-8-14(9-7-13)18(2)3;2-1(3)4;/h5-11H,1-4H3;1H;1H/q+1;;/p-1. The molecule has 0 bridgehead atoms. The molecule has 136 valence electrons. The predicted octanol–water partition coefficient (Wildman–Crippen LogP) is 2.76. The van der Waals surface area contributed by atoms with Crippen LogP contribution < -0.4 is 33.4 Å². The van der Waals surface area contributed by atoms with E-state index in [2.05, 4.69) is 80.0 Å². The predicted molar refractivity (Wildman–Crippen MR) is 109 cm³/mol. The first-order valence-corrected chi connectivity index (χ1v) is 9.51. The highest BCUT2D eigenvalue weighted by molar-refractivity contribution is 7.21. The van der Waals surface area contributed by atoms with Crippen molar-refractivity contribution in [2.45, 2.75) is 11.2 Å². The summed E-state index contributed by atoms with van der Waals surface area (Å²) in [6, 6.07) is 15.4. The quantitative estimate of drug-likeness (QED) is 0.281. The van der Waals surface area contributed by atoms with Gasteiger partial charge in [-0.05, 0) is 42.8 Å². The molecule has 0 atom stereocenters. The third kappa shape index (κ3) is 6.14. The number of aryl methyl sites for hydroxylation is 2. The number of fused-ring (bicyclic) bond motifs is 1. The van der Waals surface area contributed by atoms with Crippen LogP contribution in [0.3, 0.4) is 0 Å². The Hall–Kier alpha value is -0.270. The minimum Gasteiger partial charge on any atom is -1.00 e. The molecule has 2 aromatic carbocycles. The Bertz CT molecular complexity index is 814. The molecule has 0 aliphatic rings. The lowest BCUT2D eigenvalue weighted by molar-refractivity contribution is -0.629. The Morgan fingerprint density at radius 2 is 1.56 bits per heavy atom. The molecule has 0 aliphatic carbocycles. The highest BCUT2D eigenvalue weighted by atomic mass is 127. The van der Waals surface area contributed by atoms with E-state index in [1.54, 1.807) is 0 Å². The summed E-state index contributed by atoms with van der Waals surface area (Å²) in [7, 11) is 6.28. The lowest BCUT2D eigenvalue weighted by atomic mass is 10.2. The zero-order valence-corrected chi connectivity index (χ0v) is 19.7. The number of benzene rings is 2. The second-order valence-corrected chi connectivity index (χ2v) is 8.64. The van der Waals surface area contributed by atoms with E-state index in [-0.39, 0.29) is 24.0 Å². The van der Waals surface area contributed by atoms with Gasteiger partial charge in [0.2, 0.25) is 5.52 Å². The van der Waals surface area contributed by atoms with Crippen LogP contribution in [-0.4, -0.2) is 18.4 Å². The monoisotopic (exact) mass is 528 g/mol. The average molecular weight is 530 g/mol. The molecule has 7 heteroatoms. The van der Waals surface area contributed by atoms with Crippen LogP contribution >= 0.6 is 46.1 Å². The van der Waals surface area contributed by atoms with E-state index in [0.717, 1.165) is 0 Å². The molecule has 0 N–H and O–H groups in total. The van der Waals surface area contributed by atoms with Gasteiger partial charge in [-0.2, -0.15) is 4.57 Å². The van der Waals surface area contributed by atoms with Crippen molar-refractivity contribution in [2.75, 3.05) is 19.0 Å². The molecule has 1 heterocycles. The molecule has 0 unspecified atom stereocenters. The summed E-state index contributed by atoms with van der Waals surface area (Å²) in [6.45, 7) is 2.14. The van der Waals surface area contributed by atoms with Gasteiger partial charge in [-0.1, -0.05) is 52.2 Å². The molecule has 0 spiro atoms. The lowest BCUT2D eigenvalue weighted by Crippen LogP contribution is -3.00. The van der Waals surface area contributed by atoms with Crippen molar-refractivity contribution in [1.82, 2.24) is 0 Å². The van der Waals surface area contributed by atoms with Gasteiger partial charge in [-0.15, -0.1) is 0 Å². The molecule has 0 fully saturated rings. The number of anilines is 1. The number of hydrogen-bond donors (Lipinski definition) is 0. The highest BCUT2D eigenvalue weighted by Crippen LogP contribution is 2.29. The van der Waals surface area contributed by atoms with Crippen molar-refractivity contribution in [3.8, 4) is 10.6 Å². The Kier molecular flexibility index (Phi) is 9.26. The molecule has 1 aromatic heterocycles. The van der Waals surface area contributed by atoms with Crippen LogP contribution in [0.5, 0.6) is 0 Å². The van der Waals surface area contributed by atoms with Gasteiger partial charge in [0, 0.05) is 25.8 Å². The second kappa shape index (κ2) is 10.2. The topological polar surface area (TPSA) is 7.12 Å². The van der Waals surface area contributed by atoms with Gasteiger partial charge >= 0.3 is 0 Å². The molecule has 0 saturated heterocycles. The maximum atomic E-state index is 4.81. The summed E-state index contributed by atoms with van der Waals surface area (Å²) in [5.74, 6) is 0. The number of hydrogen-bond acceptors (Lipinski definition) is 2. The Morgan fingerprint density at radius 3 is 2.08 bits per heavy atom. The second-order valence-electron chi connectivity index (χ2n) is 5.63. The number of aromatic nitrogens is 1. The van der Waals surface area contributed by atoms with Crippen molar-refractivity contribution >= 4 is 62.0 Å². The molecule has 3 rings (SSSR count). The van der Waals surface area contributed by atoms with E-state index in [4.69, 9.17) is 34.8 Å². The van der Waals surface area contributed by atoms with E-state index >= 15 is 0 Å². The van der Waals surface area contributed by atoms with Crippen LogP contribution in [0.15, 0.2) is 42.5 Å². The van der Waals surface area contributed by atoms with Crippen LogP contribution in [0.4, 0.5) is 5.69 Å². The molecule has 0 saturated carbocycles. The fraction of sp³-hybridized carbons (Fsp3) is 0.278. The Morgan fingerprint density at radius 1 is 1.00 bits per heavy atom. The Labute approximate surface area is 185 Å². The highest BCUT2D eigenvalue weighted by Gasteiger charge is 2.18. The van der Waals surface area contributed by atoms with Crippen molar-refractivity contribution in [1.29, 1.82) is 0 Å². The molecular weight excluding hydrogens is 510 g/mol. The van der Waals surface area contributed by atoms with E-state index in [1.165, 1.54) is 32.0 Å². The largest absolute Gasteiger partial charge is 1.00 e. The van der Waals surface area contributed by atoms with Gasteiger partial charge in [-0.25, -0.2) is 0 Å². The van der Waals surface area contributed by atoms with Gasteiger partial charge < -0.3 is 28.9 Å². The first kappa shape index (κ1) is 22.8. The summed E-state index contributed by atoms with van der Waals surface area (Å²) >= 11 is 16.3. The van der Waals surface area contributed by atoms with Crippen LogP contribution in [0.2, 0.25) is 0 Å². The van der Waals surface area contributed by atoms with Crippen molar-refractivity contribution < 1.29 is 28.5 Å². The third-order valence-corrected chi connectivity index (χ3v) is 4.87. The number of alkyl halides is 3. The summed E-state index contributed by atoms with van der Waals surface area (Å²) in [6.07, 6.45) is 0. The first-order chi connectivity index (χ1) is 11.3. The SMILES string of the molecule is Cc1ccc2c(c1)sc(-c1ccc(N(C)C)cc1)[n+]2C.ClC(Cl)Cl.[I-]. The van der Waals surface area contributed by atoms with E-state index in [1.807, 2.05) is 11.3 Å². The molecule has 0 amide bonds. The van der Waals surface area contributed by atoms with Gasteiger partial charge in [0.05, 0.1) is 5.56 Å². The fourth-order valence-electron chi connectivity index (χ4n) is 2.42. The van der Waals surface area contributed by atoms with Gasteiger partial charge in [0.25, 0.3) is 5.01 Å². The van der Waals surface area contributed by atoms with Crippen molar-refractivity contribution in [3.05, 3.63) is 48.0 Å². The summed E-state index contributed by atoms with van der Waals surface area (Å²) < 4.78 is 2.88. The molecule has 0 radical (unpaired) electrons. The lowest BCUT2D eigenvalue weighted by Gasteiger charge is -2.11. The average Bonchev–Trinajstić information content (AvgIpc) is 2.83.